The number of rotatable bonds is 2. The molecular formula is C25H20N2O4S2. The van der Waals surface area contributed by atoms with Crippen LogP contribution in [0.25, 0.3) is 0 Å². The maximum atomic E-state index is 13.6. The molecule has 2 aliphatic heterocycles. The van der Waals surface area contributed by atoms with Crippen LogP contribution in [0.3, 0.4) is 0 Å². The lowest BCUT2D eigenvalue weighted by atomic mass is 9.68. The largest absolute Gasteiger partial charge is 0.508 e. The van der Waals surface area contributed by atoms with Crippen molar-refractivity contribution in [3.05, 3.63) is 74.7 Å². The summed E-state index contributed by atoms with van der Waals surface area (Å²) >= 11 is 2.93. The molecule has 33 heavy (non-hydrogen) atoms. The van der Waals surface area contributed by atoms with Crippen molar-refractivity contribution >= 4 is 40.6 Å². The van der Waals surface area contributed by atoms with Gasteiger partial charge in [-0.05, 0) is 54.0 Å². The number of amides is 2. The third-order valence-corrected chi connectivity index (χ3v) is 10.6. The fourth-order valence-corrected chi connectivity index (χ4v) is 9.79. The van der Waals surface area contributed by atoms with Gasteiger partial charge in [0.05, 0.1) is 22.5 Å². The van der Waals surface area contributed by atoms with E-state index in [1.165, 1.54) is 16.2 Å². The predicted octanol–water partition coefficient (Wildman–Crippen LogP) is 3.82. The van der Waals surface area contributed by atoms with E-state index in [2.05, 4.69) is 4.98 Å². The van der Waals surface area contributed by atoms with E-state index in [0.29, 0.717) is 5.69 Å². The van der Waals surface area contributed by atoms with Crippen LogP contribution in [0.4, 0.5) is 5.69 Å². The fraction of sp³-hybridized carbons (Fsp3) is 0.320. The summed E-state index contributed by atoms with van der Waals surface area (Å²) in [5, 5.41) is 10.9. The number of nitrogens with one attached hydrogen (secondary N) is 1. The number of anilines is 1. The van der Waals surface area contributed by atoms with E-state index in [-0.39, 0.29) is 63.2 Å². The van der Waals surface area contributed by atoms with E-state index in [0.717, 1.165) is 21.9 Å². The van der Waals surface area contributed by atoms with Crippen LogP contribution in [0.15, 0.2) is 64.4 Å². The van der Waals surface area contributed by atoms with Crippen molar-refractivity contribution in [3.63, 3.8) is 0 Å². The number of aromatic hydroxyl groups is 1. The highest BCUT2D eigenvalue weighted by Crippen LogP contribution is 2.68. The maximum absolute atomic E-state index is 13.6. The lowest BCUT2D eigenvalue weighted by Gasteiger charge is -2.43. The summed E-state index contributed by atoms with van der Waals surface area (Å²) in [6, 6.07) is 16.4. The summed E-state index contributed by atoms with van der Waals surface area (Å²) in [4.78, 5) is 44.8. The number of thiazole rings is 1. The highest BCUT2D eigenvalue weighted by atomic mass is 32.2. The second-order valence-electron chi connectivity index (χ2n) is 9.40. The first-order valence-corrected chi connectivity index (χ1v) is 12.8. The second kappa shape index (κ2) is 6.84. The molecule has 8 heteroatoms. The Balaban J connectivity index is 1.34. The van der Waals surface area contributed by atoms with Crippen LogP contribution in [0.5, 0.6) is 5.75 Å². The predicted molar refractivity (Wildman–Crippen MR) is 126 cm³/mol. The first-order valence-electron chi connectivity index (χ1n) is 11.1. The van der Waals surface area contributed by atoms with Gasteiger partial charge in [-0.3, -0.25) is 19.3 Å². The van der Waals surface area contributed by atoms with Gasteiger partial charge < -0.3 is 10.1 Å². The molecule has 2 amide bonds. The number of carbonyl (C=O) groups excluding carboxylic acids is 2. The van der Waals surface area contributed by atoms with Crippen LogP contribution >= 0.6 is 23.1 Å². The summed E-state index contributed by atoms with van der Waals surface area (Å²) < 4.78 is 0. The van der Waals surface area contributed by atoms with Crippen molar-refractivity contribution in [1.29, 1.82) is 0 Å². The molecule has 1 aromatic heterocycles. The Hall–Kier alpha value is -2.84. The van der Waals surface area contributed by atoms with E-state index >= 15 is 0 Å². The molecule has 0 radical (unpaired) electrons. The highest BCUT2D eigenvalue weighted by Gasteiger charge is 2.69. The Labute approximate surface area is 197 Å². The number of benzene rings is 2. The molecule has 3 aromatic rings. The van der Waals surface area contributed by atoms with Gasteiger partial charge in [-0.2, -0.15) is 0 Å². The van der Waals surface area contributed by atoms with Gasteiger partial charge in [0, 0.05) is 16.0 Å². The molecule has 166 valence electrons. The highest BCUT2D eigenvalue weighted by molar-refractivity contribution is 8.00. The second-order valence-corrected chi connectivity index (χ2v) is 11.6. The number of carbonyl (C=O) groups is 2. The molecule has 3 fully saturated rings. The number of nitrogens with zero attached hydrogens (tertiary/aromatic N) is 1. The SMILES string of the molecule is O=C1[C@@H]2[C@@H]3C[C@@H]([C@H]4Sc5[nH]c(=O)sc5[C@H](c5ccc(O)cc5)[C@@H]34)[C@@H]2C(=O)N1c1ccccc1. The number of phenols is 1. The summed E-state index contributed by atoms with van der Waals surface area (Å²) in [5.74, 6) is -0.213. The van der Waals surface area contributed by atoms with Crippen molar-refractivity contribution < 1.29 is 14.7 Å². The zero-order valence-corrected chi connectivity index (χ0v) is 19.0. The molecule has 2 N–H and O–H groups in total. The number of thioether (sulfide) groups is 1. The van der Waals surface area contributed by atoms with Crippen molar-refractivity contribution in [3.8, 4) is 5.75 Å². The molecule has 3 heterocycles. The summed E-state index contributed by atoms with van der Waals surface area (Å²) in [6.45, 7) is 0. The number of H-pyrrole nitrogens is 1. The molecule has 4 aliphatic rings. The first kappa shape index (κ1) is 19.6. The molecule has 2 aromatic carbocycles. The number of fused-ring (bicyclic) bond motifs is 9. The van der Waals surface area contributed by atoms with Crippen LogP contribution in [-0.4, -0.2) is 27.2 Å². The average Bonchev–Trinajstić information content (AvgIpc) is 3.54. The van der Waals surface area contributed by atoms with Crippen LogP contribution < -0.4 is 9.77 Å². The Morgan fingerprint density at radius 1 is 0.909 bits per heavy atom. The zero-order chi connectivity index (χ0) is 22.4. The summed E-state index contributed by atoms with van der Waals surface area (Å²) in [5.41, 5.74) is 1.69. The van der Waals surface area contributed by atoms with E-state index in [4.69, 9.17) is 0 Å². The Kier molecular flexibility index (Phi) is 4.06. The number of hydrogen-bond donors (Lipinski definition) is 2. The van der Waals surface area contributed by atoms with Crippen molar-refractivity contribution in [2.75, 3.05) is 4.90 Å². The quantitative estimate of drug-likeness (QED) is 0.549. The average molecular weight is 477 g/mol. The number of para-hydroxylation sites is 1. The minimum atomic E-state index is -0.304. The smallest absolute Gasteiger partial charge is 0.305 e. The van der Waals surface area contributed by atoms with Crippen LogP contribution in [0.1, 0.15) is 22.8 Å². The molecule has 0 unspecified atom stereocenters. The lowest BCUT2D eigenvalue weighted by Crippen LogP contribution is -2.42. The molecule has 2 bridgehead atoms. The minimum Gasteiger partial charge on any atom is -0.508 e. The third-order valence-electron chi connectivity index (χ3n) is 7.99. The van der Waals surface area contributed by atoms with Gasteiger partial charge >= 0.3 is 4.87 Å². The van der Waals surface area contributed by atoms with Crippen LogP contribution in [-0.2, 0) is 9.59 Å². The van der Waals surface area contributed by atoms with E-state index in [1.807, 2.05) is 42.5 Å². The molecule has 6 nitrogen and oxygen atoms in total. The van der Waals surface area contributed by atoms with E-state index in [1.54, 1.807) is 23.9 Å². The van der Waals surface area contributed by atoms with Crippen LogP contribution in [0, 0.1) is 29.6 Å². The number of hydrogen-bond acceptors (Lipinski definition) is 6. The van der Waals surface area contributed by atoms with Gasteiger partial charge in [0.2, 0.25) is 11.8 Å². The van der Waals surface area contributed by atoms with Crippen molar-refractivity contribution in [1.82, 2.24) is 4.98 Å². The molecule has 2 saturated carbocycles. The first-order chi connectivity index (χ1) is 16.0. The normalized spacial score (nSPS) is 33.8. The van der Waals surface area contributed by atoms with E-state index < -0.39 is 0 Å². The van der Waals surface area contributed by atoms with Gasteiger partial charge in [0.25, 0.3) is 0 Å². The number of imide groups is 1. The van der Waals surface area contributed by atoms with Crippen LogP contribution in [0.2, 0.25) is 0 Å². The molecule has 7 rings (SSSR count). The maximum Gasteiger partial charge on any atom is 0.305 e. The standard InChI is InChI=1S/C25H20N2O4S2/c28-13-8-6-11(7-9-13)16-17-14-10-15(20(17)32-22-21(16)33-25(31)26-22)19-18(14)23(29)27(24(19)30)12-4-2-1-3-5-12/h1-9,14-20,28H,10H2,(H,26,31)/t14-,15-,16-,17-,18-,19+,20-/m1/s1. The third kappa shape index (κ3) is 2.59. The number of phenolic OH excluding ortho intramolecular Hbond substituents is 1. The zero-order valence-electron chi connectivity index (χ0n) is 17.4. The topological polar surface area (TPSA) is 90.5 Å². The Morgan fingerprint density at radius 3 is 2.33 bits per heavy atom. The molecule has 7 atom stereocenters. The monoisotopic (exact) mass is 476 g/mol. The number of aromatic amines is 1. The summed E-state index contributed by atoms with van der Waals surface area (Å²) in [6.07, 6.45) is 0.867. The number of aromatic nitrogens is 1. The fourth-order valence-electron chi connectivity index (χ4n) is 6.90. The van der Waals surface area contributed by atoms with Gasteiger partial charge in [-0.25, -0.2) is 0 Å². The van der Waals surface area contributed by atoms with Gasteiger partial charge in [-0.1, -0.05) is 41.7 Å². The van der Waals surface area contributed by atoms with Gasteiger partial charge in [0.1, 0.15) is 5.75 Å². The van der Waals surface area contributed by atoms with Crippen molar-refractivity contribution in [2.24, 2.45) is 29.6 Å². The summed E-state index contributed by atoms with van der Waals surface area (Å²) in [7, 11) is 0. The van der Waals surface area contributed by atoms with E-state index in [9.17, 15) is 19.5 Å². The molecular weight excluding hydrogens is 456 g/mol. The molecule has 1 saturated heterocycles. The minimum absolute atomic E-state index is 0.0274. The molecule has 0 spiro atoms. The molecule has 2 aliphatic carbocycles. The Bertz CT molecular complexity index is 1350. The lowest BCUT2D eigenvalue weighted by molar-refractivity contribution is -0.123. The van der Waals surface area contributed by atoms with Crippen molar-refractivity contribution in [2.45, 2.75) is 22.6 Å². The Morgan fingerprint density at radius 2 is 1.61 bits per heavy atom. The van der Waals surface area contributed by atoms with Gasteiger partial charge in [-0.15, -0.1) is 11.8 Å². The van der Waals surface area contributed by atoms with Gasteiger partial charge in [0.15, 0.2) is 0 Å².